The molecule has 26 heavy (non-hydrogen) atoms. The molecule has 1 aliphatic heterocycles. The van der Waals surface area contributed by atoms with Gasteiger partial charge in [-0.05, 0) is 48.9 Å². The first-order valence-electron chi connectivity index (χ1n) is 8.82. The minimum atomic E-state index is -0.00566. The molecule has 2 aromatic rings. The molecule has 0 bridgehead atoms. The van der Waals surface area contributed by atoms with Crippen LogP contribution in [0.3, 0.4) is 0 Å². The van der Waals surface area contributed by atoms with E-state index in [4.69, 9.17) is 0 Å². The molecule has 1 aliphatic rings. The third-order valence-electron chi connectivity index (χ3n) is 4.70. The van der Waals surface area contributed by atoms with Gasteiger partial charge >= 0.3 is 0 Å². The van der Waals surface area contributed by atoms with Crippen LogP contribution in [0.5, 0.6) is 5.75 Å². The molecule has 1 atom stereocenters. The van der Waals surface area contributed by atoms with Crippen LogP contribution >= 0.6 is 15.9 Å². The number of phenols is 1. The maximum atomic E-state index is 12.3. The summed E-state index contributed by atoms with van der Waals surface area (Å²) in [5.41, 5.74) is 2.20. The summed E-state index contributed by atoms with van der Waals surface area (Å²) in [6.45, 7) is 5.87. The van der Waals surface area contributed by atoms with E-state index in [9.17, 15) is 9.90 Å². The lowest BCUT2D eigenvalue weighted by molar-refractivity contribution is -0.123. The number of halogens is 1. The quantitative estimate of drug-likeness (QED) is 0.784. The molecule has 138 valence electrons. The van der Waals surface area contributed by atoms with Gasteiger partial charge in [-0.2, -0.15) is 0 Å². The van der Waals surface area contributed by atoms with Crippen LogP contribution in [0.4, 0.5) is 5.69 Å². The number of hydrogen-bond donors (Lipinski definition) is 2. The van der Waals surface area contributed by atoms with Crippen molar-refractivity contribution in [2.45, 2.75) is 13.0 Å². The smallest absolute Gasteiger partial charge is 0.234 e. The number of aromatic hydroxyl groups is 1. The Labute approximate surface area is 162 Å². The van der Waals surface area contributed by atoms with Gasteiger partial charge in [-0.25, -0.2) is 0 Å². The Morgan fingerprint density at radius 3 is 2.31 bits per heavy atom. The number of carbonyl (C=O) groups excluding carboxylic acids is 1. The number of carbonyl (C=O) groups is 1. The monoisotopic (exact) mass is 417 g/mol. The largest absolute Gasteiger partial charge is 0.508 e. The van der Waals surface area contributed by atoms with Crippen molar-refractivity contribution in [3.8, 4) is 5.75 Å². The van der Waals surface area contributed by atoms with Crippen molar-refractivity contribution in [1.29, 1.82) is 0 Å². The topological polar surface area (TPSA) is 55.8 Å². The molecule has 6 heteroatoms. The van der Waals surface area contributed by atoms with Crippen LogP contribution in [-0.4, -0.2) is 48.6 Å². The van der Waals surface area contributed by atoms with Crippen LogP contribution in [0.15, 0.2) is 53.0 Å². The van der Waals surface area contributed by atoms with Gasteiger partial charge in [-0.15, -0.1) is 0 Å². The van der Waals surface area contributed by atoms with Gasteiger partial charge in [0.25, 0.3) is 0 Å². The van der Waals surface area contributed by atoms with Crippen molar-refractivity contribution in [3.05, 3.63) is 58.6 Å². The third-order valence-corrected chi connectivity index (χ3v) is 5.23. The van der Waals surface area contributed by atoms with E-state index in [0.29, 0.717) is 6.54 Å². The zero-order valence-electron chi connectivity index (χ0n) is 14.9. The van der Waals surface area contributed by atoms with E-state index in [-0.39, 0.29) is 17.7 Å². The fourth-order valence-corrected chi connectivity index (χ4v) is 3.42. The van der Waals surface area contributed by atoms with Crippen molar-refractivity contribution in [2.24, 2.45) is 0 Å². The van der Waals surface area contributed by atoms with Gasteiger partial charge in [0.1, 0.15) is 5.75 Å². The Hall–Kier alpha value is -2.05. The number of benzene rings is 2. The summed E-state index contributed by atoms with van der Waals surface area (Å²) in [6.07, 6.45) is 0. The number of nitrogens with zero attached hydrogens (tertiary/aromatic N) is 2. The number of piperazine rings is 1. The van der Waals surface area contributed by atoms with Crippen LogP contribution in [-0.2, 0) is 4.79 Å². The SMILES string of the molecule is C[C@H](NC(=O)CN1CCN(c2ccc(O)cc2)CC1)c1ccc(Br)cc1. The van der Waals surface area contributed by atoms with Gasteiger partial charge in [-0.1, -0.05) is 28.1 Å². The zero-order chi connectivity index (χ0) is 18.5. The fraction of sp³-hybridized carbons (Fsp3) is 0.350. The number of phenolic OH excluding ortho intramolecular Hbond substituents is 1. The predicted octanol–water partition coefficient (Wildman–Crippen LogP) is 3.15. The van der Waals surface area contributed by atoms with E-state index in [1.165, 1.54) is 0 Å². The summed E-state index contributed by atoms with van der Waals surface area (Å²) >= 11 is 3.43. The molecule has 1 fully saturated rings. The van der Waals surface area contributed by atoms with Crippen molar-refractivity contribution >= 4 is 27.5 Å². The van der Waals surface area contributed by atoms with E-state index in [1.54, 1.807) is 12.1 Å². The molecule has 3 rings (SSSR count). The molecule has 0 spiro atoms. The van der Waals surface area contributed by atoms with Crippen molar-refractivity contribution < 1.29 is 9.90 Å². The van der Waals surface area contributed by atoms with Crippen molar-refractivity contribution in [2.75, 3.05) is 37.6 Å². The number of amides is 1. The minimum Gasteiger partial charge on any atom is -0.508 e. The maximum absolute atomic E-state index is 12.3. The van der Waals surface area contributed by atoms with Gasteiger partial charge in [0.2, 0.25) is 5.91 Å². The second kappa shape index (κ2) is 8.56. The molecule has 0 saturated carbocycles. The number of hydrogen-bond acceptors (Lipinski definition) is 4. The second-order valence-corrected chi connectivity index (χ2v) is 7.54. The summed E-state index contributed by atoms with van der Waals surface area (Å²) < 4.78 is 1.03. The van der Waals surface area contributed by atoms with E-state index in [0.717, 1.165) is 41.9 Å². The zero-order valence-corrected chi connectivity index (χ0v) is 16.4. The van der Waals surface area contributed by atoms with Crippen LogP contribution in [0, 0.1) is 0 Å². The van der Waals surface area contributed by atoms with Crippen molar-refractivity contribution in [3.63, 3.8) is 0 Å². The number of nitrogens with one attached hydrogen (secondary N) is 1. The molecule has 0 aliphatic carbocycles. The maximum Gasteiger partial charge on any atom is 0.234 e. The highest BCUT2D eigenvalue weighted by atomic mass is 79.9. The highest BCUT2D eigenvalue weighted by Crippen LogP contribution is 2.20. The lowest BCUT2D eigenvalue weighted by Crippen LogP contribution is -2.49. The summed E-state index contributed by atoms with van der Waals surface area (Å²) in [4.78, 5) is 16.8. The van der Waals surface area contributed by atoms with Gasteiger partial charge in [-0.3, -0.25) is 9.69 Å². The highest BCUT2D eigenvalue weighted by Gasteiger charge is 2.20. The van der Waals surface area contributed by atoms with E-state index < -0.39 is 0 Å². The molecule has 0 radical (unpaired) electrons. The Kier molecular flexibility index (Phi) is 6.16. The predicted molar refractivity (Wildman–Crippen MR) is 107 cm³/mol. The molecular formula is C20H24BrN3O2. The van der Waals surface area contributed by atoms with Crippen LogP contribution in [0.25, 0.3) is 0 Å². The number of anilines is 1. The minimum absolute atomic E-state index is 0.00566. The van der Waals surface area contributed by atoms with Crippen LogP contribution in [0.2, 0.25) is 0 Å². The van der Waals surface area contributed by atoms with Gasteiger partial charge < -0.3 is 15.3 Å². The molecule has 2 N–H and O–H groups in total. The van der Waals surface area contributed by atoms with E-state index in [2.05, 4.69) is 31.0 Å². The highest BCUT2D eigenvalue weighted by molar-refractivity contribution is 9.10. The van der Waals surface area contributed by atoms with Crippen LogP contribution in [0.1, 0.15) is 18.5 Å². The standard InChI is InChI=1S/C20H24BrN3O2/c1-15(16-2-4-17(21)5-3-16)22-20(26)14-23-10-12-24(13-11-23)18-6-8-19(25)9-7-18/h2-9,15,25H,10-14H2,1H3,(H,22,26)/t15-/m0/s1. The molecule has 2 aromatic carbocycles. The van der Waals surface area contributed by atoms with Gasteiger partial charge in [0, 0.05) is 36.3 Å². The fourth-order valence-electron chi connectivity index (χ4n) is 3.15. The Morgan fingerprint density at radius 2 is 1.69 bits per heavy atom. The average Bonchev–Trinajstić information content (AvgIpc) is 2.63. The third kappa shape index (κ3) is 4.99. The molecule has 1 heterocycles. The Morgan fingerprint density at radius 1 is 1.08 bits per heavy atom. The van der Waals surface area contributed by atoms with Gasteiger partial charge in [0.05, 0.1) is 12.6 Å². The molecule has 1 saturated heterocycles. The lowest BCUT2D eigenvalue weighted by Gasteiger charge is -2.35. The average molecular weight is 418 g/mol. The van der Waals surface area contributed by atoms with Crippen LogP contribution < -0.4 is 10.2 Å². The Balaban J connectivity index is 1.45. The first-order chi connectivity index (χ1) is 12.5. The summed E-state index contributed by atoms with van der Waals surface area (Å²) in [5, 5.41) is 12.5. The second-order valence-electron chi connectivity index (χ2n) is 6.62. The van der Waals surface area contributed by atoms with Gasteiger partial charge in [0.15, 0.2) is 0 Å². The molecule has 0 unspecified atom stereocenters. The Bertz CT molecular complexity index is 726. The molecule has 0 aromatic heterocycles. The summed E-state index contributed by atoms with van der Waals surface area (Å²) in [7, 11) is 0. The van der Waals surface area contributed by atoms with E-state index in [1.807, 2.05) is 43.3 Å². The number of rotatable bonds is 5. The molecule has 5 nitrogen and oxygen atoms in total. The normalized spacial score (nSPS) is 16.3. The lowest BCUT2D eigenvalue weighted by atomic mass is 10.1. The first-order valence-corrected chi connectivity index (χ1v) is 9.62. The molecular weight excluding hydrogens is 394 g/mol. The summed E-state index contributed by atoms with van der Waals surface area (Å²) in [6, 6.07) is 15.3. The molecule has 1 amide bonds. The summed E-state index contributed by atoms with van der Waals surface area (Å²) in [5.74, 6) is 0.336. The van der Waals surface area contributed by atoms with Crippen molar-refractivity contribution in [1.82, 2.24) is 10.2 Å². The van der Waals surface area contributed by atoms with E-state index >= 15 is 0 Å². The first kappa shape index (κ1) is 18.7.